The number of phosphoric ester groups is 1. The molecule has 13 nitrogen and oxygen atoms in total. The molecule has 2 saturated heterocycles. The zero-order valence-corrected chi connectivity index (χ0v) is 17.2. The van der Waals surface area contributed by atoms with E-state index >= 15 is 0 Å². The predicted octanol–water partition coefficient (Wildman–Crippen LogP) is -0.985. The van der Waals surface area contributed by atoms with Crippen molar-refractivity contribution in [2.75, 3.05) is 53.4 Å². The zero-order chi connectivity index (χ0) is 21.6. The van der Waals surface area contributed by atoms with Crippen molar-refractivity contribution in [2.45, 2.75) is 24.5 Å². The highest BCUT2D eigenvalue weighted by molar-refractivity contribution is 7.48. The summed E-state index contributed by atoms with van der Waals surface area (Å²) in [7, 11) is -2.38. The highest BCUT2D eigenvalue weighted by Crippen LogP contribution is 2.61. The highest BCUT2D eigenvalue weighted by Gasteiger charge is 2.58. The number of ether oxygens (including phenoxy) is 4. The van der Waals surface area contributed by atoms with Crippen molar-refractivity contribution in [1.29, 1.82) is 0 Å². The zero-order valence-electron chi connectivity index (χ0n) is 16.3. The van der Waals surface area contributed by atoms with Crippen molar-refractivity contribution in [3.63, 3.8) is 0 Å². The summed E-state index contributed by atoms with van der Waals surface area (Å²) >= 11 is 0. The second-order valence-corrected chi connectivity index (χ2v) is 7.98. The monoisotopic (exact) mass is 452 g/mol. The first-order valence-electron chi connectivity index (χ1n) is 9.31. The molecule has 0 bridgehead atoms. The number of nitrogens with zero attached hydrogens (tertiary/aromatic N) is 1. The molecule has 1 aromatic rings. The molecule has 1 aromatic heterocycles. The van der Waals surface area contributed by atoms with Gasteiger partial charge in [0, 0.05) is 19.4 Å². The number of rotatable bonds is 12. The maximum atomic E-state index is 12.8. The Balaban J connectivity index is 1.51. The summed E-state index contributed by atoms with van der Waals surface area (Å²) in [5, 5.41) is 9.54. The minimum Gasteiger partial charge on any atom is -0.394 e. The Labute approximate surface area is 171 Å². The molecule has 170 valence electrons. The van der Waals surface area contributed by atoms with E-state index in [1.165, 1.54) is 6.20 Å². The fraction of sp³-hybridized carbons (Fsp3) is 0.750. The van der Waals surface area contributed by atoms with Crippen LogP contribution in [0, 0.1) is 0 Å². The molecule has 2 aliphatic rings. The molecule has 2 aliphatic heterocycles. The van der Waals surface area contributed by atoms with E-state index in [0.29, 0.717) is 26.4 Å². The number of hydrogen-bond acceptors (Lipinski definition) is 11. The Kier molecular flexibility index (Phi) is 8.34. The van der Waals surface area contributed by atoms with E-state index < -0.39 is 50.2 Å². The SMILES string of the molecule is COCCOCCOCCOP1(=O)OC2C(O1)[C@@H](CO)O[C@H]2n1ccc(=O)[nH]c1=O. The molecule has 0 aromatic carbocycles. The summed E-state index contributed by atoms with van der Waals surface area (Å²) in [6.45, 7) is 1.26. The molecule has 3 heterocycles. The molecule has 2 N–H and O–H groups in total. The van der Waals surface area contributed by atoms with Gasteiger partial charge in [0.15, 0.2) is 6.23 Å². The number of methoxy groups -OCH3 is 1. The van der Waals surface area contributed by atoms with Crippen molar-refractivity contribution < 1.29 is 42.2 Å². The first kappa shape index (κ1) is 23.3. The number of phosphoric acid groups is 1. The molecule has 0 saturated carbocycles. The minimum atomic E-state index is -3.96. The summed E-state index contributed by atoms with van der Waals surface area (Å²) in [4.78, 5) is 25.4. The smallest absolute Gasteiger partial charge is 0.394 e. The van der Waals surface area contributed by atoms with Crippen molar-refractivity contribution >= 4 is 7.82 Å². The molecular formula is C16H25N2O11P. The number of aliphatic hydroxyl groups excluding tert-OH is 1. The van der Waals surface area contributed by atoms with E-state index in [-0.39, 0.29) is 13.2 Å². The third-order valence-corrected chi connectivity index (χ3v) is 5.88. The number of hydrogen-bond donors (Lipinski definition) is 2. The second kappa shape index (κ2) is 10.8. The summed E-state index contributed by atoms with van der Waals surface area (Å²) in [6.07, 6.45) is -2.62. The first-order valence-corrected chi connectivity index (χ1v) is 10.8. The van der Waals surface area contributed by atoms with Crippen molar-refractivity contribution in [2.24, 2.45) is 0 Å². The summed E-state index contributed by atoms with van der Waals surface area (Å²) in [5.41, 5.74) is -1.32. The van der Waals surface area contributed by atoms with E-state index in [9.17, 15) is 19.3 Å². The Bertz CT molecular complexity index is 843. The molecule has 0 aliphatic carbocycles. The fourth-order valence-corrected chi connectivity index (χ4v) is 4.55. The number of H-pyrrole nitrogens is 1. The van der Waals surface area contributed by atoms with Crippen molar-refractivity contribution in [1.82, 2.24) is 9.55 Å². The molecule has 2 fully saturated rings. The van der Waals surface area contributed by atoms with Crippen LogP contribution in [-0.4, -0.2) is 86.3 Å². The van der Waals surface area contributed by atoms with Crippen LogP contribution in [0.5, 0.6) is 0 Å². The van der Waals surface area contributed by atoms with Gasteiger partial charge in [-0.05, 0) is 0 Å². The summed E-state index contributed by atoms with van der Waals surface area (Å²) in [6, 6.07) is 1.13. The van der Waals surface area contributed by atoms with Gasteiger partial charge in [0.2, 0.25) is 0 Å². The van der Waals surface area contributed by atoms with Gasteiger partial charge in [-0.3, -0.25) is 27.9 Å². The molecule has 3 rings (SSSR count). The molecular weight excluding hydrogens is 427 g/mol. The Hall–Kier alpha value is -1.41. The summed E-state index contributed by atoms with van der Waals surface area (Å²) in [5.74, 6) is 0. The normalized spacial score (nSPS) is 30.6. The number of aromatic amines is 1. The van der Waals surface area contributed by atoms with E-state index in [1.54, 1.807) is 7.11 Å². The molecule has 3 unspecified atom stereocenters. The number of fused-ring (bicyclic) bond motifs is 1. The topological polar surface area (TPSA) is 157 Å². The maximum absolute atomic E-state index is 12.8. The number of nitrogens with one attached hydrogen (secondary N) is 1. The Morgan fingerprint density at radius 1 is 1.10 bits per heavy atom. The third-order valence-electron chi connectivity index (χ3n) is 4.37. The van der Waals surface area contributed by atoms with Crippen LogP contribution in [0.25, 0.3) is 0 Å². The van der Waals surface area contributed by atoms with Gasteiger partial charge in [0.25, 0.3) is 5.56 Å². The average molecular weight is 452 g/mol. The fourth-order valence-electron chi connectivity index (χ4n) is 3.00. The maximum Gasteiger partial charge on any atom is 0.475 e. The Morgan fingerprint density at radius 3 is 2.43 bits per heavy atom. The van der Waals surface area contributed by atoms with Crippen LogP contribution in [0.15, 0.2) is 21.9 Å². The molecule has 0 amide bonds. The lowest BCUT2D eigenvalue weighted by molar-refractivity contribution is -0.0649. The van der Waals surface area contributed by atoms with Gasteiger partial charge >= 0.3 is 13.5 Å². The second-order valence-electron chi connectivity index (χ2n) is 6.40. The quantitative estimate of drug-likeness (QED) is 0.297. The first-order chi connectivity index (χ1) is 14.5. The molecule has 0 radical (unpaired) electrons. The molecule has 14 heteroatoms. The van der Waals surface area contributed by atoms with Gasteiger partial charge in [0.05, 0.1) is 46.2 Å². The van der Waals surface area contributed by atoms with Gasteiger partial charge < -0.3 is 24.1 Å². The summed E-state index contributed by atoms with van der Waals surface area (Å²) < 4.78 is 50.9. The predicted molar refractivity (Wildman–Crippen MR) is 99.1 cm³/mol. The van der Waals surface area contributed by atoms with Crippen molar-refractivity contribution in [3.8, 4) is 0 Å². The van der Waals surface area contributed by atoms with Gasteiger partial charge in [0.1, 0.15) is 18.3 Å². The Morgan fingerprint density at radius 2 is 1.77 bits per heavy atom. The number of aromatic nitrogens is 2. The van der Waals surface area contributed by atoms with E-state index in [4.69, 9.17) is 32.5 Å². The standard InChI is InChI=1S/C16H25N2O11P/c1-23-4-5-24-6-7-25-8-9-26-30(22)28-13-11(10-19)27-15(14(13)29-30)18-3-2-12(20)17-16(18)21/h2-3,11,13-15,19H,4-10H2,1H3,(H,17,20,21)/t11-,13?,14?,15-,30?/m1/s1. The van der Waals surface area contributed by atoms with Gasteiger partial charge in [-0.25, -0.2) is 9.36 Å². The van der Waals surface area contributed by atoms with Gasteiger partial charge in [-0.2, -0.15) is 0 Å². The van der Waals surface area contributed by atoms with Crippen LogP contribution in [0.3, 0.4) is 0 Å². The third kappa shape index (κ3) is 5.63. The molecule has 5 atom stereocenters. The van der Waals surface area contributed by atoms with Crippen LogP contribution in [0.2, 0.25) is 0 Å². The largest absolute Gasteiger partial charge is 0.475 e. The molecule has 30 heavy (non-hydrogen) atoms. The van der Waals surface area contributed by atoms with Crippen LogP contribution >= 0.6 is 7.82 Å². The van der Waals surface area contributed by atoms with E-state index in [2.05, 4.69) is 4.98 Å². The van der Waals surface area contributed by atoms with Gasteiger partial charge in [-0.15, -0.1) is 0 Å². The highest BCUT2D eigenvalue weighted by atomic mass is 31.2. The van der Waals surface area contributed by atoms with Crippen LogP contribution in [0.1, 0.15) is 6.23 Å². The van der Waals surface area contributed by atoms with Crippen molar-refractivity contribution in [3.05, 3.63) is 33.1 Å². The lowest BCUT2D eigenvalue weighted by Crippen LogP contribution is -2.36. The van der Waals surface area contributed by atoms with Gasteiger partial charge in [-0.1, -0.05) is 0 Å². The lowest BCUT2D eigenvalue weighted by atomic mass is 10.1. The van der Waals surface area contributed by atoms with E-state index in [0.717, 1.165) is 10.6 Å². The van der Waals surface area contributed by atoms with Crippen LogP contribution < -0.4 is 11.2 Å². The minimum absolute atomic E-state index is 0.0668. The van der Waals surface area contributed by atoms with Crippen LogP contribution in [-0.2, 0) is 37.1 Å². The van der Waals surface area contributed by atoms with Crippen LogP contribution in [0.4, 0.5) is 0 Å². The number of aliphatic hydroxyl groups is 1. The van der Waals surface area contributed by atoms with E-state index in [1.807, 2.05) is 0 Å². The lowest BCUT2D eigenvalue weighted by Gasteiger charge is -2.20. The molecule has 0 spiro atoms. The average Bonchev–Trinajstić information content (AvgIpc) is 3.21.